The molecular weight excluding hydrogens is 406 g/mol. The number of hydrogen-bond acceptors (Lipinski definition) is 6. The number of halogens is 1. The molecule has 6 rings (SSSR count). The van der Waals surface area contributed by atoms with Crippen LogP contribution >= 0.6 is 11.6 Å². The van der Waals surface area contributed by atoms with E-state index in [1.165, 1.54) is 17.5 Å². The first-order valence-electron chi connectivity index (χ1n) is 10.2. The molecule has 30 heavy (non-hydrogen) atoms. The van der Waals surface area contributed by atoms with E-state index in [2.05, 4.69) is 22.1 Å². The molecule has 5 atom stereocenters. The van der Waals surface area contributed by atoms with Gasteiger partial charge in [-0.05, 0) is 49.4 Å². The normalized spacial score (nSPS) is 30.1. The summed E-state index contributed by atoms with van der Waals surface area (Å²) in [5.74, 6) is -0.772. The van der Waals surface area contributed by atoms with Gasteiger partial charge >= 0.3 is 0 Å². The molecule has 3 aromatic rings. The lowest BCUT2D eigenvalue weighted by Crippen LogP contribution is -2.34. The summed E-state index contributed by atoms with van der Waals surface area (Å²) in [5, 5.41) is 12.4. The fourth-order valence-corrected chi connectivity index (χ4v) is 5.01. The minimum absolute atomic E-state index is 0.385. The van der Waals surface area contributed by atoms with Crippen LogP contribution in [0.3, 0.4) is 0 Å². The van der Waals surface area contributed by atoms with Crippen LogP contribution in [0.15, 0.2) is 36.8 Å². The van der Waals surface area contributed by atoms with Crippen molar-refractivity contribution in [3.05, 3.63) is 58.6 Å². The molecule has 2 aromatic heterocycles. The topological polar surface area (TPSA) is 78.6 Å². The molecule has 2 fully saturated rings. The van der Waals surface area contributed by atoms with Crippen LogP contribution in [0.25, 0.3) is 11.0 Å². The van der Waals surface area contributed by atoms with Crippen LogP contribution in [-0.4, -0.2) is 43.7 Å². The number of aryl methyl sites for hydroxylation is 2. The van der Waals surface area contributed by atoms with Crippen LogP contribution in [0.1, 0.15) is 42.9 Å². The SMILES string of the molecule is CC1(C)O[C@H]2[C@@H](O1)[C@H](n1ccc3c(Cl)ncnc31)O[C@@H]2[C@@H](O)c1ccc2c(c1)CC2. The van der Waals surface area contributed by atoms with E-state index in [1.54, 1.807) is 0 Å². The number of benzene rings is 1. The number of ether oxygens (including phenoxy) is 3. The van der Waals surface area contributed by atoms with Crippen LogP contribution in [0, 0.1) is 0 Å². The Kier molecular flexibility index (Phi) is 4.04. The predicted molar refractivity (Wildman–Crippen MR) is 109 cm³/mol. The zero-order valence-electron chi connectivity index (χ0n) is 16.7. The summed E-state index contributed by atoms with van der Waals surface area (Å²) in [5.41, 5.74) is 4.15. The van der Waals surface area contributed by atoms with Crippen LogP contribution in [0.5, 0.6) is 0 Å². The van der Waals surface area contributed by atoms with Gasteiger partial charge in [0, 0.05) is 6.20 Å². The minimum Gasteiger partial charge on any atom is -0.386 e. The van der Waals surface area contributed by atoms with E-state index >= 15 is 0 Å². The summed E-state index contributed by atoms with van der Waals surface area (Å²) in [6.45, 7) is 3.76. The second-order valence-corrected chi connectivity index (χ2v) is 9.01. The van der Waals surface area contributed by atoms with Crippen molar-refractivity contribution in [2.75, 3.05) is 0 Å². The first-order valence-corrected chi connectivity index (χ1v) is 10.6. The van der Waals surface area contributed by atoms with Gasteiger partial charge in [0.2, 0.25) is 0 Å². The quantitative estimate of drug-likeness (QED) is 0.646. The van der Waals surface area contributed by atoms with E-state index in [1.807, 2.05) is 36.7 Å². The average Bonchev–Trinajstić information content (AvgIpc) is 3.33. The highest BCUT2D eigenvalue weighted by Gasteiger charge is 2.58. The summed E-state index contributed by atoms with van der Waals surface area (Å²) in [7, 11) is 0. The Hall–Kier alpha value is -2.03. The standard InChI is InChI=1S/C22H22ClN3O4/c1-22(2)29-17-16(15(27)13-6-4-11-3-5-12(11)9-13)28-21(18(17)30-22)26-8-7-14-19(23)24-10-25-20(14)26/h4,6-10,15-18,21,27H,3,5H2,1-2H3/t15-,16+,17+,18+,21+/m0/s1. The Balaban J connectivity index is 1.38. The van der Waals surface area contributed by atoms with Gasteiger partial charge in [-0.25, -0.2) is 9.97 Å². The molecular formula is C22H22ClN3O4. The second kappa shape index (κ2) is 6.48. The molecule has 0 unspecified atom stereocenters. The first kappa shape index (κ1) is 18.7. The number of hydrogen-bond donors (Lipinski definition) is 1. The third kappa shape index (κ3) is 2.73. The van der Waals surface area contributed by atoms with Crippen molar-refractivity contribution < 1.29 is 19.3 Å². The summed E-state index contributed by atoms with van der Waals surface area (Å²) >= 11 is 6.22. The zero-order valence-corrected chi connectivity index (χ0v) is 17.4. The smallest absolute Gasteiger partial charge is 0.164 e. The lowest BCUT2D eigenvalue weighted by molar-refractivity contribution is -0.207. The van der Waals surface area contributed by atoms with Gasteiger partial charge < -0.3 is 23.9 Å². The highest BCUT2D eigenvalue weighted by atomic mass is 35.5. The number of aliphatic hydroxyl groups excluding tert-OH is 1. The fourth-order valence-electron chi connectivity index (χ4n) is 4.82. The fraction of sp³-hybridized carbons (Fsp3) is 0.455. The van der Waals surface area contributed by atoms with E-state index in [-0.39, 0.29) is 0 Å². The Morgan fingerprint density at radius 2 is 1.93 bits per heavy atom. The Bertz CT molecular complexity index is 1150. The molecule has 2 saturated heterocycles. The van der Waals surface area contributed by atoms with Gasteiger partial charge in [-0.3, -0.25) is 0 Å². The van der Waals surface area contributed by atoms with Crippen molar-refractivity contribution in [2.24, 2.45) is 0 Å². The van der Waals surface area contributed by atoms with E-state index < -0.39 is 36.4 Å². The molecule has 3 aliphatic rings. The molecule has 0 spiro atoms. The van der Waals surface area contributed by atoms with Crippen molar-refractivity contribution in [1.82, 2.24) is 14.5 Å². The summed E-state index contributed by atoms with van der Waals surface area (Å²) in [6, 6.07) is 8.01. The third-order valence-corrected chi connectivity index (χ3v) is 6.65. The largest absolute Gasteiger partial charge is 0.386 e. The lowest BCUT2D eigenvalue weighted by Gasteiger charge is -2.28. The van der Waals surface area contributed by atoms with Crippen LogP contribution < -0.4 is 0 Å². The van der Waals surface area contributed by atoms with Crippen molar-refractivity contribution in [1.29, 1.82) is 0 Å². The lowest BCUT2D eigenvalue weighted by atomic mass is 9.85. The molecule has 2 aliphatic heterocycles. The van der Waals surface area contributed by atoms with Crippen molar-refractivity contribution >= 4 is 22.6 Å². The molecule has 7 nitrogen and oxygen atoms in total. The van der Waals surface area contributed by atoms with E-state index in [0.717, 1.165) is 23.8 Å². The Morgan fingerprint density at radius 1 is 1.13 bits per heavy atom. The highest BCUT2D eigenvalue weighted by Crippen LogP contribution is 2.47. The maximum absolute atomic E-state index is 11.2. The summed E-state index contributed by atoms with van der Waals surface area (Å²) < 4.78 is 20.6. The highest BCUT2D eigenvalue weighted by molar-refractivity contribution is 6.33. The number of nitrogens with zero attached hydrogens (tertiary/aromatic N) is 3. The van der Waals surface area contributed by atoms with Crippen LogP contribution in [0.2, 0.25) is 5.15 Å². The first-order chi connectivity index (χ1) is 14.4. The Morgan fingerprint density at radius 3 is 2.70 bits per heavy atom. The molecule has 0 saturated carbocycles. The van der Waals surface area contributed by atoms with Crippen molar-refractivity contribution in [3.8, 4) is 0 Å². The van der Waals surface area contributed by atoms with Gasteiger partial charge in [-0.2, -0.15) is 0 Å². The average molecular weight is 428 g/mol. The molecule has 4 heterocycles. The molecule has 156 valence electrons. The van der Waals surface area contributed by atoms with Gasteiger partial charge in [0.15, 0.2) is 12.0 Å². The summed E-state index contributed by atoms with van der Waals surface area (Å²) in [4.78, 5) is 8.43. The van der Waals surface area contributed by atoms with Gasteiger partial charge in [-0.15, -0.1) is 0 Å². The molecule has 0 radical (unpaired) electrons. The van der Waals surface area contributed by atoms with Crippen molar-refractivity contribution in [3.63, 3.8) is 0 Å². The second-order valence-electron chi connectivity index (χ2n) is 8.65. The zero-order chi connectivity index (χ0) is 20.6. The molecule has 1 N–H and O–H groups in total. The monoisotopic (exact) mass is 427 g/mol. The third-order valence-electron chi connectivity index (χ3n) is 6.35. The van der Waals surface area contributed by atoms with E-state index in [4.69, 9.17) is 25.8 Å². The molecule has 0 amide bonds. The maximum atomic E-state index is 11.2. The van der Waals surface area contributed by atoms with Crippen molar-refractivity contribution in [2.45, 2.75) is 63.1 Å². The van der Waals surface area contributed by atoms with Crippen LogP contribution in [-0.2, 0) is 27.1 Å². The van der Waals surface area contributed by atoms with Crippen LogP contribution in [0.4, 0.5) is 0 Å². The molecule has 8 heteroatoms. The minimum atomic E-state index is -0.828. The number of rotatable bonds is 3. The number of aromatic nitrogens is 3. The predicted octanol–water partition coefficient (Wildman–Crippen LogP) is 3.33. The number of aliphatic hydroxyl groups is 1. The van der Waals surface area contributed by atoms with Gasteiger partial charge in [0.1, 0.15) is 41.5 Å². The Labute approximate surface area is 178 Å². The molecule has 1 aliphatic carbocycles. The maximum Gasteiger partial charge on any atom is 0.164 e. The van der Waals surface area contributed by atoms with Gasteiger partial charge in [-0.1, -0.05) is 29.8 Å². The van der Waals surface area contributed by atoms with E-state index in [0.29, 0.717) is 10.8 Å². The van der Waals surface area contributed by atoms with Gasteiger partial charge in [0.05, 0.1) is 5.39 Å². The summed E-state index contributed by atoms with van der Waals surface area (Å²) in [6.07, 6.45) is 2.73. The molecule has 0 bridgehead atoms. The molecule has 1 aromatic carbocycles. The number of fused-ring (bicyclic) bond motifs is 3. The van der Waals surface area contributed by atoms with E-state index in [9.17, 15) is 5.11 Å². The van der Waals surface area contributed by atoms with Gasteiger partial charge in [0.25, 0.3) is 0 Å².